The molecular weight excluding hydrogens is 526 g/mol. The van der Waals surface area contributed by atoms with Crippen LogP contribution in [0.3, 0.4) is 0 Å². The normalized spacial score (nSPS) is 17.4. The minimum Gasteiger partial charge on any atom is -0.475 e. The van der Waals surface area contributed by atoms with Crippen molar-refractivity contribution in [3.05, 3.63) is 58.6 Å². The number of rotatable bonds is 11. The smallest absolute Gasteiger partial charge is 0.453 e. The second-order valence-electron chi connectivity index (χ2n) is 8.32. The van der Waals surface area contributed by atoms with E-state index in [0.717, 1.165) is 14.2 Å². The highest BCUT2D eigenvalue weighted by molar-refractivity contribution is 6.30. The molecule has 204 valence electrons. The van der Waals surface area contributed by atoms with Crippen LogP contribution < -0.4 is 14.8 Å². The maximum atomic E-state index is 12.8. The first kappa shape index (κ1) is 28.7. The van der Waals surface area contributed by atoms with Crippen LogP contribution in [0.25, 0.3) is 0 Å². The van der Waals surface area contributed by atoms with Crippen molar-refractivity contribution in [3.8, 4) is 11.5 Å². The van der Waals surface area contributed by atoms with Gasteiger partial charge in [0.2, 0.25) is 0 Å². The molecular formula is C25H26ClNO11. The van der Waals surface area contributed by atoms with E-state index in [4.69, 9.17) is 25.8 Å². The molecule has 3 rings (SSSR count). The van der Waals surface area contributed by atoms with E-state index >= 15 is 0 Å². The number of hydrogen-bond donors (Lipinski definition) is 3. The Hall–Kier alpha value is -3.87. The summed E-state index contributed by atoms with van der Waals surface area (Å²) in [6.07, 6.45) is -2.53. The van der Waals surface area contributed by atoms with Crippen molar-refractivity contribution in [2.45, 2.75) is 37.4 Å². The van der Waals surface area contributed by atoms with Crippen molar-refractivity contribution in [2.24, 2.45) is 0 Å². The number of carbonyl (C=O) groups is 4. The number of methoxy groups -OCH3 is 2. The molecule has 3 unspecified atom stereocenters. The molecule has 0 saturated carbocycles. The number of nitrogens with one attached hydrogen (secondary N) is 1. The van der Waals surface area contributed by atoms with Crippen LogP contribution in [0.1, 0.15) is 24.2 Å². The number of carbonyl (C=O) groups excluding carboxylic acids is 3. The third-order valence-electron chi connectivity index (χ3n) is 5.56. The Bertz CT molecular complexity index is 1200. The zero-order valence-electron chi connectivity index (χ0n) is 20.6. The summed E-state index contributed by atoms with van der Waals surface area (Å²) in [5, 5.41) is 23.8. The molecule has 0 spiro atoms. The van der Waals surface area contributed by atoms with Gasteiger partial charge in [-0.05, 0) is 48.7 Å². The van der Waals surface area contributed by atoms with E-state index in [9.17, 15) is 29.4 Å². The van der Waals surface area contributed by atoms with Gasteiger partial charge < -0.3 is 39.2 Å². The molecule has 12 nitrogen and oxygen atoms in total. The Labute approximate surface area is 222 Å². The summed E-state index contributed by atoms with van der Waals surface area (Å²) in [4.78, 5) is 48.5. The molecule has 0 bridgehead atoms. The Morgan fingerprint density at radius 3 is 2.29 bits per heavy atom. The maximum absolute atomic E-state index is 12.8. The number of aliphatic carboxylic acids is 1. The molecule has 0 saturated heterocycles. The van der Waals surface area contributed by atoms with Crippen LogP contribution >= 0.6 is 11.6 Å². The van der Waals surface area contributed by atoms with Crippen LogP contribution in [0.5, 0.6) is 11.5 Å². The molecule has 0 amide bonds. The van der Waals surface area contributed by atoms with E-state index in [2.05, 4.69) is 14.8 Å². The third-order valence-corrected chi connectivity index (χ3v) is 5.79. The molecule has 0 radical (unpaired) electrons. The molecule has 2 aromatic rings. The molecule has 1 aliphatic heterocycles. The van der Waals surface area contributed by atoms with E-state index in [1.807, 2.05) is 6.92 Å². The summed E-state index contributed by atoms with van der Waals surface area (Å²) in [6.45, 7) is 2.13. The fourth-order valence-corrected chi connectivity index (χ4v) is 3.79. The van der Waals surface area contributed by atoms with Gasteiger partial charge in [-0.1, -0.05) is 29.8 Å². The molecule has 0 aliphatic carbocycles. The van der Waals surface area contributed by atoms with Crippen LogP contribution in [0.15, 0.2) is 42.5 Å². The zero-order valence-corrected chi connectivity index (χ0v) is 21.4. The van der Waals surface area contributed by atoms with E-state index in [1.165, 1.54) is 12.1 Å². The zero-order chi connectivity index (χ0) is 28.0. The molecule has 38 heavy (non-hydrogen) atoms. The molecule has 13 heteroatoms. The summed E-state index contributed by atoms with van der Waals surface area (Å²) >= 11 is 5.97. The second-order valence-corrected chi connectivity index (χ2v) is 8.76. The van der Waals surface area contributed by atoms with E-state index < -0.39 is 41.9 Å². The van der Waals surface area contributed by atoms with Gasteiger partial charge in [-0.25, -0.2) is 19.2 Å². The second kappa shape index (κ2) is 12.1. The first-order valence-corrected chi connectivity index (χ1v) is 11.7. The van der Waals surface area contributed by atoms with Crippen LogP contribution in [0, 0.1) is 0 Å². The van der Waals surface area contributed by atoms with E-state index in [1.54, 1.807) is 30.3 Å². The number of halogens is 1. The summed E-state index contributed by atoms with van der Waals surface area (Å²) in [5.74, 6) is -9.27. The average molecular weight is 552 g/mol. The Morgan fingerprint density at radius 1 is 1.03 bits per heavy atom. The van der Waals surface area contributed by atoms with Gasteiger partial charge in [0.25, 0.3) is 6.10 Å². The predicted molar refractivity (Wildman–Crippen MR) is 130 cm³/mol. The minimum atomic E-state index is -3.01. The number of ether oxygens (including phenoxy) is 5. The lowest BCUT2D eigenvalue weighted by Crippen LogP contribution is -2.57. The number of carboxylic acid groups (broad SMARTS) is 1. The van der Waals surface area contributed by atoms with Gasteiger partial charge in [0.1, 0.15) is 0 Å². The molecule has 1 heterocycles. The number of hydrogen-bond acceptors (Lipinski definition) is 11. The molecule has 0 aromatic heterocycles. The van der Waals surface area contributed by atoms with Crippen molar-refractivity contribution >= 4 is 35.5 Å². The molecule has 2 aromatic carbocycles. The van der Waals surface area contributed by atoms with Crippen LogP contribution in [0.2, 0.25) is 5.02 Å². The van der Waals surface area contributed by atoms with Crippen molar-refractivity contribution in [1.29, 1.82) is 0 Å². The number of aliphatic hydroxyl groups is 1. The summed E-state index contributed by atoms with van der Waals surface area (Å²) in [5.41, 5.74) is 1.36. The topological polar surface area (TPSA) is 167 Å². The SMILES string of the molecule is COC(=O)C(OC(=O)C1(C(=O)O)Oc2ccc(CC(C)NCC(O)c3cccc(Cl)c3)cc2O1)C(=O)OC. The first-order chi connectivity index (χ1) is 18.0. The van der Waals surface area contributed by atoms with Crippen molar-refractivity contribution < 1.29 is 53.1 Å². The molecule has 3 N–H and O–H groups in total. The van der Waals surface area contributed by atoms with Crippen molar-refractivity contribution in [1.82, 2.24) is 5.32 Å². The van der Waals surface area contributed by atoms with Crippen LogP contribution in [0.4, 0.5) is 0 Å². The fraction of sp³-hybridized carbons (Fsp3) is 0.360. The maximum Gasteiger partial charge on any atom is 0.453 e. The predicted octanol–water partition coefficient (Wildman–Crippen LogP) is 1.40. The lowest BCUT2D eigenvalue weighted by molar-refractivity contribution is -0.207. The van der Waals surface area contributed by atoms with Gasteiger partial charge in [-0.15, -0.1) is 0 Å². The van der Waals surface area contributed by atoms with E-state index in [0.29, 0.717) is 22.6 Å². The highest BCUT2D eigenvalue weighted by atomic mass is 35.5. The van der Waals surface area contributed by atoms with Gasteiger partial charge in [0, 0.05) is 17.6 Å². The van der Waals surface area contributed by atoms with Crippen LogP contribution in [-0.4, -0.2) is 72.8 Å². The fourth-order valence-electron chi connectivity index (χ4n) is 3.59. The number of carboxylic acids is 1. The van der Waals surface area contributed by atoms with Gasteiger partial charge >= 0.3 is 29.7 Å². The van der Waals surface area contributed by atoms with Gasteiger partial charge in [0.15, 0.2) is 11.5 Å². The Morgan fingerprint density at radius 2 is 1.68 bits per heavy atom. The van der Waals surface area contributed by atoms with Crippen molar-refractivity contribution in [3.63, 3.8) is 0 Å². The third kappa shape index (κ3) is 6.33. The van der Waals surface area contributed by atoms with Gasteiger partial charge in [-0.2, -0.15) is 0 Å². The Kier molecular flexibility index (Phi) is 9.15. The number of esters is 3. The summed E-state index contributed by atoms with van der Waals surface area (Å²) in [7, 11) is 1.87. The molecule has 1 aliphatic rings. The van der Waals surface area contributed by atoms with E-state index in [-0.39, 0.29) is 24.1 Å². The number of benzene rings is 2. The number of fused-ring (bicyclic) bond motifs is 1. The molecule has 3 atom stereocenters. The first-order valence-electron chi connectivity index (χ1n) is 11.3. The quantitative estimate of drug-likeness (QED) is 0.209. The van der Waals surface area contributed by atoms with Gasteiger partial charge in [0.05, 0.1) is 20.3 Å². The minimum absolute atomic E-state index is 0.0688. The lowest BCUT2D eigenvalue weighted by atomic mass is 10.1. The largest absolute Gasteiger partial charge is 0.475 e. The standard InChI is InChI=1S/C25H26ClNO11/c1-13(27-12-17(28)15-5-4-6-16(26)11-15)9-14-7-8-18-19(10-14)38-25(37-18,23(31)32)24(33)36-20(21(29)34-2)22(30)35-3/h4-8,10-11,13,17,20,27-28H,9,12H2,1-3H3,(H,31,32). The summed E-state index contributed by atoms with van der Waals surface area (Å²) in [6, 6.07) is 11.3. The van der Waals surface area contributed by atoms with Gasteiger partial charge in [-0.3, -0.25) is 0 Å². The highest BCUT2D eigenvalue weighted by Crippen LogP contribution is 2.41. The number of aliphatic hydroxyl groups excluding tert-OH is 1. The summed E-state index contributed by atoms with van der Waals surface area (Å²) < 4.78 is 24.2. The highest BCUT2D eigenvalue weighted by Gasteiger charge is 2.60. The van der Waals surface area contributed by atoms with Crippen LogP contribution in [-0.2, 0) is 39.8 Å². The molecule has 0 fully saturated rings. The lowest BCUT2D eigenvalue weighted by Gasteiger charge is -2.22. The monoisotopic (exact) mass is 551 g/mol. The van der Waals surface area contributed by atoms with Crippen molar-refractivity contribution in [2.75, 3.05) is 20.8 Å². The Balaban J connectivity index is 1.68. The average Bonchev–Trinajstić information content (AvgIpc) is 3.30.